The smallest absolute Gasteiger partial charge is 0.257 e. The van der Waals surface area contributed by atoms with E-state index in [1.807, 2.05) is 46.6 Å². The van der Waals surface area contributed by atoms with E-state index in [0.717, 1.165) is 35.3 Å². The average molecular weight is 399 g/mol. The molecule has 1 fully saturated rings. The van der Waals surface area contributed by atoms with Gasteiger partial charge in [-0.2, -0.15) is 5.26 Å². The number of fused-ring (bicyclic) bond motifs is 3. The number of nitrogens with one attached hydrogen (secondary N) is 1. The number of hydrogen-bond donors (Lipinski definition) is 1. The third kappa shape index (κ3) is 2.98. The predicted molar refractivity (Wildman–Crippen MR) is 113 cm³/mol. The molecule has 5 rings (SSSR count). The van der Waals surface area contributed by atoms with Gasteiger partial charge in [-0.25, -0.2) is 4.98 Å². The molecule has 4 heterocycles. The zero-order valence-corrected chi connectivity index (χ0v) is 16.6. The molecule has 30 heavy (non-hydrogen) atoms. The van der Waals surface area contributed by atoms with Crippen LogP contribution in [0.5, 0.6) is 0 Å². The van der Waals surface area contributed by atoms with Gasteiger partial charge in [0, 0.05) is 19.1 Å². The first-order valence-corrected chi connectivity index (χ1v) is 10.0. The van der Waals surface area contributed by atoms with Gasteiger partial charge in [-0.05, 0) is 49.6 Å². The molecule has 1 aliphatic heterocycles. The van der Waals surface area contributed by atoms with Crippen molar-refractivity contribution in [3.05, 3.63) is 65.6 Å². The van der Waals surface area contributed by atoms with E-state index in [9.17, 15) is 10.1 Å². The fourth-order valence-electron chi connectivity index (χ4n) is 4.20. The molecule has 0 unspecified atom stereocenters. The number of imidazole rings is 1. The minimum Gasteiger partial charge on any atom is -0.472 e. The van der Waals surface area contributed by atoms with Crippen LogP contribution in [0.2, 0.25) is 0 Å². The first kappa shape index (κ1) is 18.3. The lowest BCUT2D eigenvalue weighted by Crippen LogP contribution is -2.42. The highest BCUT2D eigenvalue weighted by Crippen LogP contribution is 2.28. The fraction of sp³-hybridized carbons (Fsp3) is 0.261. The van der Waals surface area contributed by atoms with E-state index in [1.165, 1.54) is 12.5 Å². The maximum Gasteiger partial charge on any atom is 0.257 e. The Kier molecular flexibility index (Phi) is 4.40. The fourth-order valence-corrected chi connectivity index (χ4v) is 4.20. The van der Waals surface area contributed by atoms with Gasteiger partial charge in [0.2, 0.25) is 0 Å². The second-order valence-electron chi connectivity index (χ2n) is 7.68. The summed E-state index contributed by atoms with van der Waals surface area (Å²) in [7, 11) is 0. The SMILES string of the molecule is Cc1cc(NC2CCN(C(=O)c3ccoc3)CC2)n2c(nc3ccccc32)c1C#N. The number of amides is 1. The second kappa shape index (κ2) is 7.23. The molecule has 1 amide bonds. The number of nitriles is 1. The standard InChI is InChI=1S/C23H21N5O2/c1-15-12-21(28-20-5-3-2-4-19(20)26-22(28)18(15)13-24)25-17-6-9-27(10-7-17)23(29)16-8-11-30-14-16/h2-5,8,11-12,14,17,25H,6-7,9-10H2,1H3. The van der Waals surface area contributed by atoms with Crippen LogP contribution in [0.4, 0.5) is 5.82 Å². The minimum atomic E-state index is 0.0133. The van der Waals surface area contributed by atoms with Crippen LogP contribution in [0.3, 0.4) is 0 Å². The topological polar surface area (TPSA) is 86.6 Å². The van der Waals surface area contributed by atoms with Gasteiger partial charge in [0.1, 0.15) is 18.2 Å². The first-order chi connectivity index (χ1) is 14.7. The Labute approximate surface area is 173 Å². The summed E-state index contributed by atoms with van der Waals surface area (Å²) >= 11 is 0. The number of aromatic nitrogens is 2. The molecule has 1 saturated heterocycles. The van der Waals surface area contributed by atoms with Crippen LogP contribution < -0.4 is 5.32 Å². The number of anilines is 1. The van der Waals surface area contributed by atoms with Crippen molar-refractivity contribution in [3.63, 3.8) is 0 Å². The number of para-hydroxylation sites is 2. The van der Waals surface area contributed by atoms with Crippen LogP contribution in [0, 0.1) is 18.3 Å². The van der Waals surface area contributed by atoms with Gasteiger partial charge < -0.3 is 14.6 Å². The zero-order chi connectivity index (χ0) is 20.7. The molecule has 0 spiro atoms. The molecule has 4 aromatic rings. The van der Waals surface area contributed by atoms with Gasteiger partial charge in [0.15, 0.2) is 5.65 Å². The summed E-state index contributed by atoms with van der Waals surface area (Å²) in [6.07, 6.45) is 4.70. The highest BCUT2D eigenvalue weighted by Gasteiger charge is 2.25. The van der Waals surface area contributed by atoms with Crippen molar-refractivity contribution in [1.82, 2.24) is 14.3 Å². The number of carbonyl (C=O) groups is 1. The molecule has 0 saturated carbocycles. The lowest BCUT2D eigenvalue weighted by Gasteiger charge is -2.33. The van der Waals surface area contributed by atoms with Crippen molar-refractivity contribution < 1.29 is 9.21 Å². The quantitative estimate of drug-likeness (QED) is 0.563. The summed E-state index contributed by atoms with van der Waals surface area (Å²) in [5.74, 6) is 0.939. The number of benzene rings is 1. The molecule has 7 nitrogen and oxygen atoms in total. The van der Waals surface area contributed by atoms with Gasteiger partial charge in [0.05, 0.1) is 28.4 Å². The molecule has 7 heteroatoms. The van der Waals surface area contributed by atoms with Crippen molar-refractivity contribution in [3.8, 4) is 6.07 Å². The number of piperidine rings is 1. The van der Waals surface area contributed by atoms with Crippen LogP contribution in [0.1, 0.15) is 34.3 Å². The van der Waals surface area contributed by atoms with E-state index in [2.05, 4.69) is 11.4 Å². The van der Waals surface area contributed by atoms with E-state index in [-0.39, 0.29) is 11.9 Å². The summed E-state index contributed by atoms with van der Waals surface area (Å²) in [4.78, 5) is 19.1. The third-order valence-electron chi connectivity index (χ3n) is 5.79. The number of pyridine rings is 1. The number of nitrogens with zero attached hydrogens (tertiary/aromatic N) is 4. The molecule has 1 aliphatic rings. The Balaban J connectivity index is 1.42. The van der Waals surface area contributed by atoms with Gasteiger partial charge in [-0.3, -0.25) is 9.20 Å². The molecule has 1 aromatic carbocycles. The minimum absolute atomic E-state index is 0.0133. The summed E-state index contributed by atoms with van der Waals surface area (Å²) < 4.78 is 7.07. The molecule has 1 N–H and O–H groups in total. The molecular weight excluding hydrogens is 378 g/mol. The van der Waals surface area contributed by atoms with Crippen molar-refractivity contribution in [2.24, 2.45) is 0 Å². The Morgan fingerprint density at radius 3 is 2.80 bits per heavy atom. The van der Waals surface area contributed by atoms with E-state index >= 15 is 0 Å². The number of carbonyl (C=O) groups excluding carboxylic acids is 1. The number of furan rings is 1. The van der Waals surface area contributed by atoms with E-state index in [0.29, 0.717) is 29.9 Å². The van der Waals surface area contributed by atoms with Gasteiger partial charge in [-0.15, -0.1) is 0 Å². The second-order valence-corrected chi connectivity index (χ2v) is 7.68. The Morgan fingerprint density at radius 1 is 1.27 bits per heavy atom. The van der Waals surface area contributed by atoms with Crippen molar-refractivity contribution in [2.45, 2.75) is 25.8 Å². The van der Waals surface area contributed by atoms with Gasteiger partial charge >= 0.3 is 0 Å². The lowest BCUT2D eigenvalue weighted by molar-refractivity contribution is 0.0717. The normalized spacial score (nSPS) is 14.9. The number of likely N-dealkylation sites (tertiary alicyclic amines) is 1. The monoisotopic (exact) mass is 399 g/mol. The Hall–Kier alpha value is -3.79. The summed E-state index contributed by atoms with van der Waals surface area (Å²) in [6.45, 7) is 3.31. The largest absolute Gasteiger partial charge is 0.472 e. The summed E-state index contributed by atoms with van der Waals surface area (Å²) in [5.41, 5.74) is 4.60. The van der Waals surface area contributed by atoms with Gasteiger partial charge in [0.25, 0.3) is 5.91 Å². The average Bonchev–Trinajstić information content (AvgIpc) is 3.42. The van der Waals surface area contributed by atoms with E-state index < -0.39 is 0 Å². The van der Waals surface area contributed by atoms with E-state index in [1.54, 1.807) is 6.07 Å². The van der Waals surface area contributed by atoms with Crippen LogP contribution in [-0.4, -0.2) is 39.3 Å². The predicted octanol–water partition coefficient (Wildman–Crippen LogP) is 3.98. The zero-order valence-electron chi connectivity index (χ0n) is 16.6. The van der Waals surface area contributed by atoms with Crippen LogP contribution >= 0.6 is 0 Å². The van der Waals surface area contributed by atoms with Crippen molar-refractivity contribution in [1.29, 1.82) is 5.26 Å². The number of rotatable bonds is 3. The molecule has 0 bridgehead atoms. The maximum atomic E-state index is 12.5. The number of hydrogen-bond acceptors (Lipinski definition) is 5. The molecule has 0 aliphatic carbocycles. The van der Waals surface area contributed by atoms with Crippen molar-refractivity contribution >= 4 is 28.4 Å². The van der Waals surface area contributed by atoms with Crippen LogP contribution in [-0.2, 0) is 0 Å². The Bertz CT molecular complexity index is 1270. The van der Waals surface area contributed by atoms with E-state index in [4.69, 9.17) is 9.40 Å². The molecule has 0 radical (unpaired) electrons. The highest BCUT2D eigenvalue weighted by molar-refractivity contribution is 5.93. The van der Waals surface area contributed by atoms with Crippen LogP contribution in [0.15, 0.2) is 53.3 Å². The molecule has 3 aromatic heterocycles. The molecule has 150 valence electrons. The van der Waals surface area contributed by atoms with Crippen LogP contribution in [0.25, 0.3) is 16.7 Å². The van der Waals surface area contributed by atoms with Crippen molar-refractivity contribution in [2.75, 3.05) is 18.4 Å². The molecular formula is C23H21N5O2. The Morgan fingerprint density at radius 2 is 2.07 bits per heavy atom. The summed E-state index contributed by atoms with van der Waals surface area (Å²) in [6, 6.07) is 14.2. The summed E-state index contributed by atoms with van der Waals surface area (Å²) in [5, 5.41) is 13.3. The lowest BCUT2D eigenvalue weighted by atomic mass is 10.0. The third-order valence-corrected chi connectivity index (χ3v) is 5.79. The maximum absolute atomic E-state index is 12.5. The van der Waals surface area contributed by atoms with Gasteiger partial charge in [-0.1, -0.05) is 12.1 Å². The number of aryl methyl sites for hydroxylation is 1. The first-order valence-electron chi connectivity index (χ1n) is 10.0. The highest BCUT2D eigenvalue weighted by atomic mass is 16.3. The molecule has 0 atom stereocenters.